The zero-order valence-electron chi connectivity index (χ0n) is 11.4. The largest absolute Gasteiger partial charge is 0.393 e. The van der Waals surface area contributed by atoms with Gasteiger partial charge in [-0.25, -0.2) is 4.79 Å². The Kier molecular flexibility index (Phi) is 4.34. The number of nitrogens with zero attached hydrogens (tertiary/aromatic N) is 2. The first-order valence-corrected chi connectivity index (χ1v) is 6.00. The van der Waals surface area contributed by atoms with E-state index in [-0.39, 0.29) is 23.5 Å². The van der Waals surface area contributed by atoms with Crippen molar-refractivity contribution in [2.45, 2.75) is 46.4 Å². The number of anilines is 1. The predicted octanol–water partition coefficient (Wildman–Crippen LogP) is 0.427. The van der Waals surface area contributed by atoms with Crippen LogP contribution in [0.4, 0.5) is 5.69 Å². The molecule has 1 aromatic heterocycles. The van der Waals surface area contributed by atoms with Crippen LogP contribution >= 0.6 is 0 Å². The van der Waals surface area contributed by atoms with Gasteiger partial charge >= 0.3 is 5.69 Å². The molecule has 1 heterocycles. The molecule has 0 amide bonds. The summed E-state index contributed by atoms with van der Waals surface area (Å²) in [6.45, 7) is 8.55. The third kappa shape index (κ3) is 3.46. The molecule has 0 spiro atoms. The van der Waals surface area contributed by atoms with Gasteiger partial charge in [0.2, 0.25) is 0 Å². The van der Waals surface area contributed by atoms with Crippen LogP contribution in [0.15, 0.2) is 15.8 Å². The minimum atomic E-state index is -0.456. The monoisotopic (exact) mass is 255 g/mol. The van der Waals surface area contributed by atoms with E-state index in [1.807, 2.05) is 27.7 Å². The Morgan fingerprint density at radius 3 is 2.44 bits per heavy atom. The second kappa shape index (κ2) is 5.39. The summed E-state index contributed by atoms with van der Waals surface area (Å²) in [7, 11) is 0. The number of hydrogen-bond donors (Lipinski definition) is 1. The third-order valence-electron chi connectivity index (χ3n) is 2.45. The van der Waals surface area contributed by atoms with Crippen molar-refractivity contribution in [2.24, 2.45) is 0 Å². The highest BCUT2D eigenvalue weighted by molar-refractivity contribution is 5.30. The summed E-state index contributed by atoms with van der Waals surface area (Å²) in [5.41, 5.74) is 4.56. The van der Waals surface area contributed by atoms with Gasteiger partial charge in [-0.15, -0.1) is 0 Å². The molecule has 0 aromatic carbocycles. The Balaban J connectivity index is 2.99. The average molecular weight is 255 g/mol. The highest BCUT2D eigenvalue weighted by Gasteiger charge is 2.12. The van der Waals surface area contributed by atoms with Crippen molar-refractivity contribution in [1.29, 1.82) is 0 Å². The molecule has 1 rings (SSSR count). The number of nitrogens with two attached hydrogens (primary N) is 1. The first-order valence-electron chi connectivity index (χ1n) is 6.00. The highest BCUT2D eigenvalue weighted by Crippen LogP contribution is 2.05. The van der Waals surface area contributed by atoms with Gasteiger partial charge in [0.1, 0.15) is 5.69 Å². The van der Waals surface area contributed by atoms with Gasteiger partial charge in [0.05, 0.1) is 18.8 Å². The Morgan fingerprint density at radius 1 is 1.33 bits per heavy atom. The minimum absolute atomic E-state index is 0.0761. The first kappa shape index (κ1) is 14.5. The van der Waals surface area contributed by atoms with Crippen molar-refractivity contribution < 1.29 is 4.74 Å². The van der Waals surface area contributed by atoms with E-state index < -0.39 is 5.56 Å². The molecule has 0 aliphatic rings. The van der Waals surface area contributed by atoms with Crippen molar-refractivity contribution >= 4 is 5.69 Å². The molecule has 6 nitrogen and oxygen atoms in total. The van der Waals surface area contributed by atoms with E-state index in [4.69, 9.17) is 10.5 Å². The fourth-order valence-electron chi connectivity index (χ4n) is 1.54. The van der Waals surface area contributed by atoms with E-state index in [1.54, 1.807) is 0 Å². The molecule has 0 atom stereocenters. The molecule has 0 saturated heterocycles. The smallest absolute Gasteiger partial charge is 0.331 e. The van der Waals surface area contributed by atoms with Crippen LogP contribution in [0.25, 0.3) is 0 Å². The van der Waals surface area contributed by atoms with Crippen molar-refractivity contribution in [3.63, 3.8) is 0 Å². The van der Waals surface area contributed by atoms with Gasteiger partial charge < -0.3 is 10.5 Å². The Bertz CT molecular complexity index is 523. The lowest BCUT2D eigenvalue weighted by molar-refractivity contribution is -0.00761. The quantitative estimate of drug-likeness (QED) is 0.846. The van der Waals surface area contributed by atoms with Crippen LogP contribution in [0, 0.1) is 0 Å². The lowest BCUT2D eigenvalue weighted by atomic mass is 10.2. The average Bonchev–Trinajstić information content (AvgIpc) is 2.26. The van der Waals surface area contributed by atoms with Crippen LogP contribution in [0.3, 0.4) is 0 Å². The van der Waals surface area contributed by atoms with Crippen LogP contribution in [0.1, 0.15) is 27.7 Å². The SMILES string of the molecule is CCn1cc(N)c(=O)n(CCOC(C)(C)C)c1=O. The standard InChI is InChI=1S/C12H21N3O3/c1-5-14-8-9(13)10(16)15(11(14)17)6-7-18-12(2,3)4/h8H,5-7,13H2,1-4H3. The minimum Gasteiger partial charge on any atom is -0.393 e. The molecule has 0 saturated carbocycles. The predicted molar refractivity (Wildman–Crippen MR) is 70.8 cm³/mol. The molecule has 1 aromatic rings. The zero-order chi connectivity index (χ0) is 13.9. The van der Waals surface area contributed by atoms with E-state index in [2.05, 4.69) is 0 Å². The number of rotatable bonds is 4. The summed E-state index contributed by atoms with van der Waals surface area (Å²) in [6.07, 6.45) is 1.38. The maximum absolute atomic E-state index is 11.9. The summed E-state index contributed by atoms with van der Waals surface area (Å²) in [5, 5.41) is 0. The second-order valence-corrected chi connectivity index (χ2v) is 5.07. The van der Waals surface area contributed by atoms with Crippen LogP contribution in [0.2, 0.25) is 0 Å². The van der Waals surface area contributed by atoms with Crippen LogP contribution in [-0.4, -0.2) is 21.3 Å². The fourth-order valence-corrected chi connectivity index (χ4v) is 1.54. The molecule has 0 unspecified atom stereocenters. The number of aryl methyl sites for hydroxylation is 1. The molecule has 102 valence electrons. The summed E-state index contributed by atoms with van der Waals surface area (Å²) < 4.78 is 8.03. The van der Waals surface area contributed by atoms with Crippen molar-refractivity contribution in [1.82, 2.24) is 9.13 Å². The molecule has 0 aliphatic carbocycles. The number of aromatic nitrogens is 2. The topological polar surface area (TPSA) is 79.2 Å². The highest BCUT2D eigenvalue weighted by atomic mass is 16.5. The molecule has 0 fully saturated rings. The number of ether oxygens (including phenoxy) is 1. The normalized spacial score (nSPS) is 11.8. The van der Waals surface area contributed by atoms with Crippen LogP contribution in [0.5, 0.6) is 0 Å². The third-order valence-corrected chi connectivity index (χ3v) is 2.45. The maximum Gasteiger partial charge on any atom is 0.331 e. The maximum atomic E-state index is 11.9. The first-order chi connectivity index (χ1) is 8.26. The summed E-state index contributed by atoms with van der Waals surface area (Å²) >= 11 is 0. The van der Waals surface area contributed by atoms with Crippen molar-refractivity contribution in [2.75, 3.05) is 12.3 Å². The van der Waals surface area contributed by atoms with E-state index in [0.29, 0.717) is 13.2 Å². The molecule has 18 heavy (non-hydrogen) atoms. The van der Waals surface area contributed by atoms with E-state index in [1.165, 1.54) is 10.8 Å². The number of nitrogen functional groups attached to an aromatic ring is 1. The molecule has 6 heteroatoms. The lowest BCUT2D eigenvalue weighted by Gasteiger charge is -2.19. The van der Waals surface area contributed by atoms with Gasteiger partial charge in [-0.1, -0.05) is 0 Å². The van der Waals surface area contributed by atoms with E-state index in [9.17, 15) is 9.59 Å². The summed E-state index contributed by atoms with van der Waals surface area (Å²) in [4.78, 5) is 23.7. The van der Waals surface area contributed by atoms with Gasteiger partial charge in [-0.05, 0) is 27.7 Å². The van der Waals surface area contributed by atoms with E-state index in [0.717, 1.165) is 4.57 Å². The fraction of sp³-hybridized carbons (Fsp3) is 0.667. The lowest BCUT2D eigenvalue weighted by Crippen LogP contribution is -2.41. The molecular formula is C12H21N3O3. The summed E-state index contributed by atoms with van der Waals surface area (Å²) in [5.74, 6) is 0. The Morgan fingerprint density at radius 2 is 1.94 bits per heavy atom. The molecule has 0 radical (unpaired) electrons. The molecule has 0 bridgehead atoms. The summed E-state index contributed by atoms with van der Waals surface area (Å²) in [6, 6.07) is 0. The van der Waals surface area contributed by atoms with Gasteiger partial charge in [0, 0.05) is 12.7 Å². The molecular weight excluding hydrogens is 234 g/mol. The molecule has 0 aliphatic heterocycles. The van der Waals surface area contributed by atoms with Gasteiger partial charge in [0.25, 0.3) is 5.56 Å². The van der Waals surface area contributed by atoms with Gasteiger partial charge in [-0.2, -0.15) is 0 Å². The van der Waals surface area contributed by atoms with Crippen molar-refractivity contribution in [3.05, 3.63) is 27.0 Å². The zero-order valence-corrected chi connectivity index (χ0v) is 11.4. The number of hydrogen-bond acceptors (Lipinski definition) is 4. The van der Waals surface area contributed by atoms with Crippen molar-refractivity contribution in [3.8, 4) is 0 Å². The van der Waals surface area contributed by atoms with E-state index >= 15 is 0 Å². The van der Waals surface area contributed by atoms with Gasteiger partial charge in [0.15, 0.2) is 0 Å². The Hall–Kier alpha value is -1.56. The van der Waals surface area contributed by atoms with Crippen LogP contribution < -0.4 is 17.0 Å². The van der Waals surface area contributed by atoms with Crippen LogP contribution in [-0.2, 0) is 17.8 Å². The second-order valence-electron chi connectivity index (χ2n) is 5.07. The molecule has 2 N–H and O–H groups in total. The van der Waals surface area contributed by atoms with Gasteiger partial charge in [-0.3, -0.25) is 13.9 Å². The Labute approximate surface area is 106 Å².